The zero-order valence-electron chi connectivity index (χ0n) is 23.6. The average Bonchev–Trinajstić information content (AvgIpc) is 3.18. The van der Waals surface area contributed by atoms with Crippen LogP contribution in [0.25, 0.3) is 0 Å². The van der Waals surface area contributed by atoms with Gasteiger partial charge in [0.05, 0.1) is 18.4 Å². The van der Waals surface area contributed by atoms with Gasteiger partial charge in [-0.1, -0.05) is 62.8 Å². The highest BCUT2D eigenvalue weighted by molar-refractivity contribution is 5.76. The molecule has 0 radical (unpaired) electrons. The zero-order valence-corrected chi connectivity index (χ0v) is 23.6. The molecule has 3 aliphatic rings. The lowest BCUT2D eigenvalue weighted by molar-refractivity contribution is -0.152. The fourth-order valence-corrected chi connectivity index (χ4v) is 6.79. The van der Waals surface area contributed by atoms with Crippen molar-refractivity contribution in [3.05, 3.63) is 47.6 Å². The molecular formula is C32H48O5. The number of carboxylic acid groups (broad SMARTS) is 1. The van der Waals surface area contributed by atoms with E-state index in [1.807, 2.05) is 13.8 Å². The van der Waals surface area contributed by atoms with Crippen molar-refractivity contribution < 1.29 is 24.5 Å². The molecule has 0 saturated heterocycles. The Morgan fingerprint density at radius 2 is 1.86 bits per heavy atom. The summed E-state index contributed by atoms with van der Waals surface area (Å²) in [4.78, 5) is 22.8. The van der Waals surface area contributed by atoms with Crippen molar-refractivity contribution in [3.63, 3.8) is 0 Å². The van der Waals surface area contributed by atoms with Gasteiger partial charge in [-0.2, -0.15) is 0 Å². The Balaban J connectivity index is 1.68. The minimum Gasteiger partial charge on any atom is -0.481 e. The standard InChI is InChI=1S/C32H48O5/c1-21-10-14-26(37-30(35)18-17-29(33)34)20-25(21)13-12-24-8-7-19-32(6)27(15-16-28(24)32)22(2)9-11-23(3)31(4,5)36/h9,11-13,22-23,26-28,36H,1,7-8,10,14-20H2,2-6H3,(H,33,34)/b11-9+,24-12+,25-13-/t22-,23+,26+,27-,28+,32-/m1/s1/i17+1,18+1,29+1,30+1. The molecular weight excluding hydrogens is 468 g/mol. The maximum Gasteiger partial charge on any atom is 0.306 e. The van der Waals surface area contributed by atoms with Crippen molar-refractivity contribution in [3.8, 4) is 0 Å². The second kappa shape index (κ2) is 12.1. The van der Waals surface area contributed by atoms with Gasteiger partial charge in [-0.15, -0.1) is 0 Å². The molecule has 5 nitrogen and oxygen atoms in total. The number of fused-ring (bicyclic) bond motifs is 1. The second-order valence-corrected chi connectivity index (χ2v) is 12.6. The van der Waals surface area contributed by atoms with E-state index in [-0.39, 0.29) is 30.3 Å². The number of esters is 1. The predicted octanol–water partition coefficient (Wildman–Crippen LogP) is 7.17. The minimum absolute atomic E-state index is 0.0818. The molecule has 206 valence electrons. The van der Waals surface area contributed by atoms with Crippen molar-refractivity contribution in [1.82, 2.24) is 0 Å². The first-order valence-corrected chi connectivity index (χ1v) is 14.2. The van der Waals surface area contributed by atoms with E-state index in [0.717, 1.165) is 30.4 Å². The molecule has 0 unspecified atom stereocenters. The van der Waals surface area contributed by atoms with Crippen LogP contribution >= 0.6 is 0 Å². The molecule has 0 aliphatic heterocycles. The third kappa shape index (κ3) is 7.46. The van der Waals surface area contributed by atoms with E-state index >= 15 is 0 Å². The highest BCUT2D eigenvalue weighted by atomic mass is 16.6. The van der Waals surface area contributed by atoms with Crippen LogP contribution in [-0.4, -0.2) is 33.9 Å². The van der Waals surface area contributed by atoms with Crippen LogP contribution in [0.2, 0.25) is 0 Å². The molecule has 6 atom stereocenters. The number of rotatable bonds is 9. The van der Waals surface area contributed by atoms with Crippen molar-refractivity contribution in [2.45, 2.75) is 111 Å². The summed E-state index contributed by atoms with van der Waals surface area (Å²) in [5, 5.41) is 19.1. The number of aliphatic hydroxyl groups is 1. The number of ether oxygens (including phenoxy) is 1. The van der Waals surface area contributed by atoms with Gasteiger partial charge in [-0.3, -0.25) is 9.59 Å². The number of aliphatic carboxylic acids is 1. The Morgan fingerprint density at radius 3 is 2.54 bits per heavy atom. The fourth-order valence-electron chi connectivity index (χ4n) is 6.79. The van der Waals surface area contributed by atoms with Crippen LogP contribution in [-0.2, 0) is 14.3 Å². The van der Waals surface area contributed by atoms with E-state index in [0.29, 0.717) is 24.2 Å². The summed E-state index contributed by atoms with van der Waals surface area (Å²) in [6.45, 7) is 14.9. The number of carboxylic acids is 1. The maximum absolute atomic E-state index is 12.0. The lowest BCUT2D eigenvalue weighted by Gasteiger charge is -2.44. The lowest BCUT2D eigenvalue weighted by atomic mass is 9.61. The monoisotopic (exact) mass is 516 g/mol. The van der Waals surface area contributed by atoms with Gasteiger partial charge >= 0.3 is 11.9 Å². The number of hydrogen-bond donors (Lipinski definition) is 2. The van der Waals surface area contributed by atoms with Crippen molar-refractivity contribution >= 4 is 11.9 Å². The fraction of sp³-hybridized carbons (Fsp3) is 0.688. The van der Waals surface area contributed by atoms with Crippen LogP contribution in [0.1, 0.15) is 98.8 Å². The van der Waals surface area contributed by atoms with Gasteiger partial charge in [0.2, 0.25) is 0 Å². The summed E-state index contributed by atoms with van der Waals surface area (Å²) in [7, 11) is 0. The summed E-state index contributed by atoms with van der Waals surface area (Å²) in [6, 6.07) is 0. The number of carbonyl (C=O) groups is 2. The molecule has 3 rings (SSSR count). The van der Waals surface area contributed by atoms with Crippen molar-refractivity contribution in [2.24, 2.45) is 29.1 Å². The number of carbonyl (C=O) groups excluding carboxylic acids is 1. The first-order chi connectivity index (χ1) is 17.3. The van der Waals surface area contributed by atoms with Crippen LogP contribution < -0.4 is 0 Å². The molecule has 0 bridgehead atoms. The topological polar surface area (TPSA) is 83.8 Å². The Morgan fingerprint density at radius 1 is 1.14 bits per heavy atom. The first-order valence-electron chi connectivity index (χ1n) is 14.2. The van der Waals surface area contributed by atoms with Crippen LogP contribution in [0.3, 0.4) is 0 Å². The molecule has 0 aromatic rings. The molecule has 0 spiro atoms. The second-order valence-electron chi connectivity index (χ2n) is 12.6. The predicted molar refractivity (Wildman–Crippen MR) is 148 cm³/mol. The third-order valence-corrected chi connectivity index (χ3v) is 9.50. The van der Waals surface area contributed by atoms with Gasteiger partial charge in [-0.05, 0) is 87.5 Å². The molecule has 37 heavy (non-hydrogen) atoms. The van der Waals surface area contributed by atoms with Crippen LogP contribution in [0.15, 0.2) is 47.6 Å². The average molecular weight is 517 g/mol. The molecule has 3 aliphatic carbocycles. The summed E-state index contributed by atoms with van der Waals surface area (Å²) >= 11 is 0. The van der Waals surface area contributed by atoms with Crippen LogP contribution in [0, 0.1) is 29.1 Å². The molecule has 2 N–H and O–H groups in total. The normalized spacial score (nSPS) is 32.5. The molecule has 0 aromatic carbocycles. The number of allylic oxidation sites excluding steroid dienone is 5. The lowest BCUT2D eigenvalue weighted by Crippen LogP contribution is -2.35. The third-order valence-electron chi connectivity index (χ3n) is 9.50. The highest BCUT2D eigenvalue weighted by Crippen LogP contribution is 2.59. The molecule has 3 fully saturated rings. The Kier molecular flexibility index (Phi) is 9.66. The largest absolute Gasteiger partial charge is 0.481 e. The maximum atomic E-state index is 12.0. The van der Waals surface area contributed by atoms with E-state index < -0.39 is 17.5 Å². The van der Waals surface area contributed by atoms with Crippen LogP contribution in [0.5, 0.6) is 0 Å². The first kappa shape index (κ1) is 29.4. The Bertz CT molecular complexity index is 949. The van der Waals surface area contributed by atoms with Crippen molar-refractivity contribution in [2.75, 3.05) is 0 Å². The van der Waals surface area contributed by atoms with E-state index in [2.05, 4.69) is 51.7 Å². The van der Waals surface area contributed by atoms with E-state index in [4.69, 9.17) is 9.84 Å². The van der Waals surface area contributed by atoms with Gasteiger partial charge in [0.25, 0.3) is 0 Å². The number of hydrogen-bond acceptors (Lipinski definition) is 4. The van der Waals surface area contributed by atoms with Gasteiger partial charge in [0, 0.05) is 12.3 Å². The van der Waals surface area contributed by atoms with Gasteiger partial charge < -0.3 is 14.9 Å². The summed E-state index contributed by atoms with van der Waals surface area (Å²) in [5.74, 6) is 0.414. The smallest absolute Gasteiger partial charge is 0.306 e. The molecule has 0 amide bonds. The highest BCUT2D eigenvalue weighted by Gasteiger charge is 2.50. The van der Waals surface area contributed by atoms with Gasteiger partial charge in [-0.25, -0.2) is 0 Å². The molecule has 5 heteroatoms. The van der Waals surface area contributed by atoms with E-state index in [1.165, 1.54) is 31.3 Å². The van der Waals surface area contributed by atoms with Crippen molar-refractivity contribution in [1.29, 1.82) is 0 Å². The zero-order chi connectivity index (χ0) is 27.4. The molecule has 0 aromatic heterocycles. The van der Waals surface area contributed by atoms with E-state index in [1.54, 1.807) is 0 Å². The van der Waals surface area contributed by atoms with Crippen LogP contribution in [0.4, 0.5) is 0 Å². The Labute approximate surface area is 223 Å². The quantitative estimate of drug-likeness (QED) is 0.193. The summed E-state index contributed by atoms with van der Waals surface area (Å²) in [6.07, 6.45) is 16.8. The minimum atomic E-state index is -0.983. The van der Waals surface area contributed by atoms with E-state index in [9.17, 15) is 14.7 Å². The molecule has 3 saturated carbocycles. The summed E-state index contributed by atoms with van der Waals surface area (Å²) in [5.41, 5.74) is 3.38. The Hall–Kier alpha value is -2.14. The van der Waals surface area contributed by atoms with Gasteiger partial charge in [0.1, 0.15) is 6.10 Å². The SMILES string of the molecule is C=C1CC[C@H](O[13C](=O)[13CH2][13CH2][13C](=O)O)C/C1=C/C=C1\CCC[C@]2(C)[C@@H]([C@H](C)/C=C/[C@H](C)C(C)(C)O)CC[C@@H]12. The summed E-state index contributed by atoms with van der Waals surface area (Å²) < 4.78 is 5.57. The molecule has 0 heterocycles. The van der Waals surface area contributed by atoms with Gasteiger partial charge in [0.15, 0.2) is 0 Å².